The summed E-state index contributed by atoms with van der Waals surface area (Å²) in [5.41, 5.74) is 0.926. The quantitative estimate of drug-likeness (QED) is 0.528. The first-order chi connectivity index (χ1) is 8.27. The van der Waals surface area contributed by atoms with Gasteiger partial charge in [-0.15, -0.1) is 11.6 Å². The number of halogens is 2. The molecule has 0 heterocycles. The molecule has 0 aliphatic heterocycles. The van der Waals surface area contributed by atoms with E-state index in [-0.39, 0.29) is 11.7 Å². The topological polar surface area (TPSA) is 18.5 Å². The first-order valence-corrected chi connectivity index (χ1v) is 6.19. The Kier molecular flexibility index (Phi) is 7.17. The molecule has 4 heteroatoms. The molecule has 96 valence electrons. The molecule has 0 aliphatic carbocycles. The maximum atomic E-state index is 13.1. The van der Waals surface area contributed by atoms with E-state index in [1.165, 1.54) is 12.1 Å². The summed E-state index contributed by atoms with van der Waals surface area (Å²) >= 11 is 5.89. The molecule has 1 atom stereocenters. The van der Waals surface area contributed by atoms with Crippen LogP contribution in [0.4, 0.5) is 4.39 Å². The van der Waals surface area contributed by atoms with Crippen LogP contribution in [0.15, 0.2) is 24.3 Å². The van der Waals surface area contributed by atoms with Crippen LogP contribution in [0.25, 0.3) is 0 Å². The number of rotatable bonds is 8. The highest BCUT2D eigenvalue weighted by molar-refractivity contribution is 6.18. The molecule has 1 unspecified atom stereocenters. The molecule has 0 radical (unpaired) electrons. The summed E-state index contributed by atoms with van der Waals surface area (Å²) in [5.74, 6) is 0.379. The molecule has 0 saturated carbocycles. The molecule has 0 aromatic heterocycles. The fraction of sp³-hybridized carbons (Fsp3) is 0.538. The third-order valence-corrected chi connectivity index (χ3v) is 2.92. The second-order valence-corrected chi connectivity index (χ2v) is 4.11. The molecule has 1 rings (SSSR count). The maximum absolute atomic E-state index is 13.1. The molecule has 0 fully saturated rings. The largest absolute Gasteiger partial charge is 0.382 e. The minimum absolute atomic E-state index is 0.134. The zero-order chi connectivity index (χ0) is 12.5. The predicted octanol–water partition coefficient (Wildman–Crippen LogP) is 3.20. The second-order valence-electron chi connectivity index (χ2n) is 3.80. The third kappa shape index (κ3) is 5.48. The average molecular weight is 261 g/mol. The summed E-state index contributed by atoms with van der Waals surface area (Å²) in [6.07, 6.45) is 0.788. The predicted molar refractivity (Wildman–Crippen MR) is 67.2 cm³/mol. The lowest BCUT2D eigenvalue weighted by Gasteiger charge is -2.14. The molecule has 0 amide bonds. The van der Waals surface area contributed by atoms with Gasteiger partial charge in [-0.2, -0.15) is 0 Å². The zero-order valence-corrected chi connectivity index (χ0v) is 10.8. The first kappa shape index (κ1) is 14.4. The lowest BCUT2D eigenvalue weighted by atomic mass is 9.98. The lowest BCUT2D eigenvalue weighted by molar-refractivity contribution is 0.0676. The van der Waals surface area contributed by atoms with Crippen molar-refractivity contribution in [1.82, 2.24) is 0 Å². The van der Waals surface area contributed by atoms with Gasteiger partial charge in [-0.25, -0.2) is 4.39 Å². The van der Waals surface area contributed by atoms with Crippen molar-refractivity contribution in [3.8, 4) is 0 Å². The molecule has 17 heavy (non-hydrogen) atoms. The fourth-order valence-electron chi connectivity index (χ4n) is 1.56. The van der Waals surface area contributed by atoms with Crippen LogP contribution in [0.5, 0.6) is 0 Å². The average Bonchev–Trinajstić information content (AvgIpc) is 2.34. The summed E-state index contributed by atoms with van der Waals surface area (Å²) in [5, 5.41) is 0. The zero-order valence-electron chi connectivity index (χ0n) is 9.99. The minimum Gasteiger partial charge on any atom is -0.382 e. The van der Waals surface area contributed by atoms with Crippen LogP contribution in [0, 0.1) is 5.82 Å². The van der Waals surface area contributed by atoms with E-state index in [4.69, 9.17) is 21.1 Å². The molecule has 0 aliphatic rings. The van der Waals surface area contributed by atoms with Gasteiger partial charge in [0.2, 0.25) is 0 Å². The van der Waals surface area contributed by atoms with Gasteiger partial charge < -0.3 is 9.47 Å². The van der Waals surface area contributed by atoms with Gasteiger partial charge in [0.15, 0.2) is 0 Å². The van der Waals surface area contributed by atoms with E-state index in [0.717, 1.165) is 12.0 Å². The van der Waals surface area contributed by atoms with Crippen LogP contribution in [0.1, 0.15) is 17.9 Å². The van der Waals surface area contributed by atoms with Gasteiger partial charge in [0.1, 0.15) is 5.82 Å². The Morgan fingerprint density at radius 3 is 2.76 bits per heavy atom. The Morgan fingerprint density at radius 1 is 1.29 bits per heavy atom. The third-order valence-electron chi connectivity index (χ3n) is 2.55. The van der Waals surface area contributed by atoms with E-state index in [1.54, 1.807) is 13.2 Å². The van der Waals surface area contributed by atoms with Crippen LogP contribution < -0.4 is 0 Å². The number of hydrogen-bond acceptors (Lipinski definition) is 2. The molecule has 1 aromatic carbocycles. The van der Waals surface area contributed by atoms with E-state index in [2.05, 4.69) is 0 Å². The highest BCUT2D eigenvalue weighted by atomic mass is 35.5. The lowest BCUT2D eigenvalue weighted by Crippen LogP contribution is -2.08. The molecular weight excluding hydrogens is 243 g/mol. The van der Waals surface area contributed by atoms with E-state index in [1.807, 2.05) is 6.07 Å². The van der Waals surface area contributed by atoms with Crippen LogP contribution in [0.3, 0.4) is 0 Å². The number of methoxy groups -OCH3 is 1. The van der Waals surface area contributed by atoms with Crippen molar-refractivity contribution >= 4 is 11.6 Å². The molecule has 0 spiro atoms. The van der Waals surface area contributed by atoms with Crippen LogP contribution in [0.2, 0.25) is 0 Å². The van der Waals surface area contributed by atoms with Gasteiger partial charge in [0, 0.05) is 19.6 Å². The van der Waals surface area contributed by atoms with Crippen molar-refractivity contribution in [3.63, 3.8) is 0 Å². The molecule has 0 bridgehead atoms. The van der Waals surface area contributed by atoms with Crippen molar-refractivity contribution in [1.29, 1.82) is 0 Å². The highest BCUT2D eigenvalue weighted by Crippen LogP contribution is 2.21. The Labute approximate surface area is 107 Å². The van der Waals surface area contributed by atoms with Gasteiger partial charge in [0.05, 0.1) is 13.2 Å². The highest BCUT2D eigenvalue weighted by Gasteiger charge is 2.10. The number of alkyl halides is 1. The summed E-state index contributed by atoms with van der Waals surface area (Å²) < 4.78 is 23.3. The van der Waals surface area contributed by atoms with Gasteiger partial charge >= 0.3 is 0 Å². The smallest absolute Gasteiger partial charge is 0.123 e. The number of hydrogen-bond donors (Lipinski definition) is 0. The SMILES string of the molecule is COCCOCCC(CCl)c1cccc(F)c1. The molecular formula is C13H18ClFO2. The monoisotopic (exact) mass is 260 g/mol. The minimum atomic E-state index is -0.224. The normalized spacial score (nSPS) is 12.6. The Bertz CT molecular complexity index is 320. The first-order valence-electron chi connectivity index (χ1n) is 5.66. The van der Waals surface area contributed by atoms with Crippen LogP contribution >= 0.6 is 11.6 Å². The van der Waals surface area contributed by atoms with E-state index in [9.17, 15) is 4.39 Å². The van der Waals surface area contributed by atoms with Crippen LogP contribution in [-0.2, 0) is 9.47 Å². The van der Waals surface area contributed by atoms with Crippen molar-refractivity contribution in [2.45, 2.75) is 12.3 Å². The molecule has 1 aromatic rings. The Hall–Kier alpha value is -0.640. The summed E-state index contributed by atoms with van der Waals surface area (Å²) in [6.45, 7) is 1.78. The van der Waals surface area contributed by atoms with Gasteiger partial charge in [-0.3, -0.25) is 0 Å². The second kappa shape index (κ2) is 8.45. The van der Waals surface area contributed by atoms with Crippen molar-refractivity contribution < 1.29 is 13.9 Å². The standard InChI is InChI=1S/C13H18ClFO2/c1-16-7-8-17-6-5-12(10-14)11-3-2-4-13(15)9-11/h2-4,9,12H,5-8,10H2,1H3. The molecule has 2 nitrogen and oxygen atoms in total. The summed E-state index contributed by atoms with van der Waals surface area (Å²) in [6, 6.07) is 6.56. The fourth-order valence-corrected chi connectivity index (χ4v) is 1.90. The van der Waals surface area contributed by atoms with Crippen molar-refractivity contribution in [3.05, 3.63) is 35.6 Å². The van der Waals surface area contributed by atoms with Crippen LogP contribution in [-0.4, -0.2) is 32.8 Å². The number of benzene rings is 1. The Morgan fingerprint density at radius 2 is 2.12 bits per heavy atom. The Balaban J connectivity index is 2.38. The van der Waals surface area contributed by atoms with Gasteiger partial charge in [-0.05, 0) is 30.0 Å². The van der Waals surface area contributed by atoms with Gasteiger partial charge in [-0.1, -0.05) is 12.1 Å². The van der Waals surface area contributed by atoms with Crippen molar-refractivity contribution in [2.24, 2.45) is 0 Å². The maximum Gasteiger partial charge on any atom is 0.123 e. The van der Waals surface area contributed by atoms with E-state index >= 15 is 0 Å². The summed E-state index contributed by atoms with van der Waals surface area (Å²) in [4.78, 5) is 0. The summed E-state index contributed by atoms with van der Waals surface area (Å²) in [7, 11) is 1.64. The van der Waals surface area contributed by atoms with Gasteiger partial charge in [0.25, 0.3) is 0 Å². The van der Waals surface area contributed by atoms with E-state index < -0.39 is 0 Å². The number of ether oxygens (including phenoxy) is 2. The van der Waals surface area contributed by atoms with Crippen molar-refractivity contribution in [2.75, 3.05) is 32.8 Å². The molecule has 0 N–H and O–H groups in total. The van der Waals surface area contributed by atoms with E-state index in [0.29, 0.717) is 25.7 Å². The molecule has 0 saturated heterocycles.